The highest BCUT2D eigenvalue weighted by molar-refractivity contribution is 7.90. The lowest BCUT2D eigenvalue weighted by molar-refractivity contribution is 0.341. The molecule has 0 saturated carbocycles. The highest BCUT2D eigenvalue weighted by atomic mass is 32.2. The first-order chi connectivity index (χ1) is 6.45. The van der Waals surface area contributed by atoms with Crippen LogP contribution < -0.4 is 10.5 Å². The van der Waals surface area contributed by atoms with Crippen molar-refractivity contribution in [2.45, 2.75) is 11.8 Å². The van der Waals surface area contributed by atoms with Crippen molar-refractivity contribution in [3.05, 3.63) is 18.2 Å². The first kappa shape index (κ1) is 10.8. The van der Waals surface area contributed by atoms with E-state index in [1.165, 1.54) is 18.2 Å². The third-order valence-corrected chi connectivity index (χ3v) is 2.82. The predicted molar refractivity (Wildman–Crippen MR) is 55.1 cm³/mol. The molecule has 1 aromatic carbocycles. The minimum Gasteiger partial charge on any atom is -0.492 e. The van der Waals surface area contributed by atoms with Crippen molar-refractivity contribution in [1.82, 2.24) is 0 Å². The van der Waals surface area contributed by atoms with Gasteiger partial charge in [-0.25, -0.2) is 8.42 Å². The molecule has 1 rings (SSSR count). The summed E-state index contributed by atoms with van der Waals surface area (Å²) in [6.07, 6.45) is 1.15. The molecule has 4 nitrogen and oxygen atoms in total. The Balaban J connectivity index is 3.20. The lowest BCUT2D eigenvalue weighted by Crippen LogP contribution is -2.01. The van der Waals surface area contributed by atoms with Crippen molar-refractivity contribution >= 4 is 15.5 Å². The number of nitrogens with two attached hydrogens (primary N) is 1. The normalized spacial score (nSPS) is 11.3. The van der Waals surface area contributed by atoms with Crippen LogP contribution in [0.5, 0.6) is 5.75 Å². The second-order valence-corrected chi connectivity index (χ2v) is 4.92. The molecule has 0 aliphatic heterocycles. The van der Waals surface area contributed by atoms with Crippen LogP contribution in [0.3, 0.4) is 0 Å². The van der Waals surface area contributed by atoms with Crippen LogP contribution in [0.4, 0.5) is 5.69 Å². The van der Waals surface area contributed by atoms with Gasteiger partial charge < -0.3 is 10.5 Å². The number of rotatable bonds is 3. The van der Waals surface area contributed by atoms with Crippen molar-refractivity contribution in [2.75, 3.05) is 18.6 Å². The van der Waals surface area contributed by atoms with Crippen molar-refractivity contribution in [3.63, 3.8) is 0 Å². The monoisotopic (exact) mass is 215 g/mol. The van der Waals surface area contributed by atoms with Crippen LogP contribution in [-0.2, 0) is 9.84 Å². The zero-order chi connectivity index (χ0) is 10.8. The lowest BCUT2D eigenvalue weighted by atomic mass is 10.3. The van der Waals surface area contributed by atoms with Gasteiger partial charge in [-0.1, -0.05) is 0 Å². The number of sulfone groups is 1. The molecule has 0 aliphatic rings. The first-order valence-electron chi connectivity index (χ1n) is 4.17. The van der Waals surface area contributed by atoms with E-state index in [9.17, 15) is 8.42 Å². The number of anilines is 1. The van der Waals surface area contributed by atoms with E-state index in [2.05, 4.69) is 0 Å². The van der Waals surface area contributed by atoms with Crippen molar-refractivity contribution in [1.29, 1.82) is 0 Å². The molecular formula is C9H13NO3S. The first-order valence-corrected chi connectivity index (χ1v) is 6.06. The molecule has 0 heterocycles. The Labute approximate surface area is 83.6 Å². The molecule has 0 bridgehead atoms. The molecule has 0 saturated heterocycles. The topological polar surface area (TPSA) is 69.4 Å². The Morgan fingerprint density at radius 1 is 1.43 bits per heavy atom. The van der Waals surface area contributed by atoms with E-state index in [0.717, 1.165) is 6.26 Å². The van der Waals surface area contributed by atoms with Crippen LogP contribution in [0.1, 0.15) is 6.92 Å². The molecule has 5 heteroatoms. The highest BCUT2D eigenvalue weighted by Crippen LogP contribution is 2.24. The molecule has 0 fully saturated rings. The van der Waals surface area contributed by atoms with Crippen LogP contribution in [0.2, 0.25) is 0 Å². The van der Waals surface area contributed by atoms with Crippen LogP contribution in [0.15, 0.2) is 23.1 Å². The molecule has 14 heavy (non-hydrogen) atoms. The second kappa shape index (κ2) is 3.88. The Morgan fingerprint density at radius 2 is 2.07 bits per heavy atom. The van der Waals surface area contributed by atoms with E-state index in [0.29, 0.717) is 18.0 Å². The van der Waals surface area contributed by atoms with Gasteiger partial charge >= 0.3 is 0 Å². The SMILES string of the molecule is CCOc1cc(S(C)(=O)=O)ccc1N. The summed E-state index contributed by atoms with van der Waals surface area (Å²) in [6, 6.07) is 4.43. The smallest absolute Gasteiger partial charge is 0.175 e. The molecule has 0 unspecified atom stereocenters. The summed E-state index contributed by atoms with van der Waals surface area (Å²) in [5, 5.41) is 0. The summed E-state index contributed by atoms with van der Waals surface area (Å²) in [6.45, 7) is 2.27. The molecule has 0 aliphatic carbocycles. The maximum Gasteiger partial charge on any atom is 0.175 e. The van der Waals surface area contributed by atoms with Crippen molar-refractivity contribution < 1.29 is 13.2 Å². The van der Waals surface area contributed by atoms with Gasteiger partial charge in [0.2, 0.25) is 0 Å². The van der Waals surface area contributed by atoms with Crippen LogP contribution in [0, 0.1) is 0 Å². The maximum atomic E-state index is 11.2. The van der Waals surface area contributed by atoms with Gasteiger partial charge in [-0.3, -0.25) is 0 Å². The standard InChI is InChI=1S/C9H13NO3S/c1-3-13-9-6-7(14(2,11)12)4-5-8(9)10/h4-6H,3,10H2,1-2H3. The second-order valence-electron chi connectivity index (χ2n) is 2.90. The Hall–Kier alpha value is -1.23. The lowest BCUT2D eigenvalue weighted by Gasteiger charge is -2.07. The van der Waals surface area contributed by atoms with Gasteiger partial charge in [-0.2, -0.15) is 0 Å². The minimum atomic E-state index is -3.20. The molecule has 2 N–H and O–H groups in total. The van der Waals surface area contributed by atoms with E-state index in [1.807, 2.05) is 6.92 Å². The van der Waals surface area contributed by atoms with Gasteiger partial charge in [-0.05, 0) is 19.1 Å². The van der Waals surface area contributed by atoms with Gasteiger partial charge in [0, 0.05) is 12.3 Å². The fraction of sp³-hybridized carbons (Fsp3) is 0.333. The van der Waals surface area contributed by atoms with Gasteiger partial charge in [0.25, 0.3) is 0 Å². The van der Waals surface area contributed by atoms with Crippen LogP contribution in [-0.4, -0.2) is 21.3 Å². The molecule has 78 valence electrons. The summed E-state index contributed by atoms with van der Waals surface area (Å²) >= 11 is 0. The summed E-state index contributed by atoms with van der Waals surface area (Å²) in [4.78, 5) is 0.218. The summed E-state index contributed by atoms with van der Waals surface area (Å²) in [7, 11) is -3.20. The van der Waals surface area contributed by atoms with Crippen LogP contribution in [0.25, 0.3) is 0 Å². The highest BCUT2D eigenvalue weighted by Gasteiger charge is 2.09. The molecule has 0 atom stereocenters. The largest absolute Gasteiger partial charge is 0.492 e. The third-order valence-electron chi connectivity index (χ3n) is 1.71. The van der Waals surface area contributed by atoms with Crippen LogP contribution >= 0.6 is 0 Å². The molecule has 0 amide bonds. The van der Waals surface area contributed by atoms with E-state index >= 15 is 0 Å². The Morgan fingerprint density at radius 3 is 2.57 bits per heavy atom. The molecule has 1 aromatic rings. The van der Waals surface area contributed by atoms with E-state index in [-0.39, 0.29) is 4.90 Å². The molecular weight excluding hydrogens is 202 g/mol. The van der Waals surface area contributed by atoms with Gasteiger partial charge in [0.15, 0.2) is 9.84 Å². The molecule has 0 aromatic heterocycles. The zero-order valence-electron chi connectivity index (χ0n) is 8.15. The van der Waals surface area contributed by atoms with Gasteiger partial charge in [-0.15, -0.1) is 0 Å². The zero-order valence-corrected chi connectivity index (χ0v) is 8.97. The fourth-order valence-electron chi connectivity index (χ4n) is 1.03. The Kier molecular flexibility index (Phi) is 3.00. The molecule has 0 radical (unpaired) electrons. The molecule has 0 spiro atoms. The van der Waals surface area contributed by atoms with Crippen molar-refractivity contribution in [3.8, 4) is 5.75 Å². The minimum absolute atomic E-state index is 0.218. The number of benzene rings is 1. The van der Waals surface area contributed by atoms with E-state index < -0.39 is 9.84 Å². The average molecular weight is 215 g/mol. The number of hydrogen-bond acceptors (Lipinski definition) is 4. The number of ether oxygens (including phenoxy) is 1. The fourth-order valence-corrected chi connectivity index (χ4v) is 1.66. The quantitative estimate of drug-likeness (QED) is 0.766. The number of nitrogen functional groups attached to an aromatic ring is 1. The number of hydrogen-bond donors (Lipinski definition) is 1. The van der Waals surface area contributed by atoms with E-state index in [4.69, 9.17) is 10.5 Å². The van der Waals surface area contributed by atoms with Crippen molar-refractivity contribution in [2.24, 2.45) is 0 Å². The van der Waals surface area contributed by atoms with E-state index in [1.54, 1.807) is 0 Å². The average Bonchev–Trinajstić information content (AvgIpc) is 2.07. The van der Waals surface area contributed by atoms with Gasteiger partial charge in [0.1, 0.15) is 5.75 Å². The summed E-state index contributed by atoms with van der Waals surface area (Å²) in [5.74, 6) is 0.412. The Bertz CT molecular complexity index is 426. The summed E-state index contributed by atoms with van der Waals surface area (Å²) < 4.78 is 27.6. The van der Waals surface area contributed by atoms with Gasteiger partial charge in [0.05, 0.1) is 17.2 Å². The predicted octanol–water partition coefficient (Wildman–Crippen LogP) is 1.07. The maximum absolute atomic E-state index is 11.2. The summed E-state index contributed by atoms with van der Waals surface area (Å²) in [5.41, 5.74) is 6.04. The third kappa shape index (κ3) is 2.38.